The SMILES string of the molecule is CCOC(=O)C(C)(C)C(C)CC(Nc1ccc(OC)cc1)C(C)(C)C(=O)OCC. The van der Waals surface area contributed by atoms with Crippen LogP contribution in [0.15, 0.2) is 24.3 Å². The van der Waals surface area contributed by atoms with Crippen molar-refractivity contribution in [2.75, 3.05) is 25.6 Å². The summed E-state index contributed by atoms with van der Waals surface area (Å²) in [6.07, 6.45) is 0.587. The summed E-state index contributed by atoms with van der Waals surface area (Å²) >= 11 is 0. The molecule has 6 nitrogen and oxygen atoms in total. The Morgan fingerprint density at radius 3 is 1.86 bits per heavy atom. The minimum absolute atomic E-state index is 0.0361. The lowest BCUT2D eigenvalue weighted by atomic mass is 9.71. The van der Waals surface area contributed by atoms with Crippen molar-refractivity contribution in [2.45, 2.75) is 60.9 Å². The molecule has 0 fully saturated rings. The summed E-state index contributed by atoms with van der Waals surface area (Å²) in [6.45, 7) is 13.8. The van der Waals surface area contributed by atoms with Crippen molar-refractivity contribution in [3.8, 4) is 5.75 Å². The molecule has 1 aromatic carbocycles. The molecule has 0 saturated carbocycles. The number of methoxy groups -OCH3 is 1. The van der Waals surface area contributed by atoms with Crippen molar-refractivity contribution in [2.24, 2.45) is 16.7 Å². The first-order valence-corrected chi connectivity index (χ1v) is 10.3. The van der Waals surface area contributed by atoms with Crippen LogP contribution in [0.1, 0.15) is 54.9 Å². The highest BCUT2D eigenvalue weighted by molar-refractivity contribution is 5.78. The molecule has 2 atom stereocenters. The number of esters is 2. The summed E-state index contributed by atoms with van der Waals surface area (Å²) in [5.41, 5.74) is -0.607. The summed E-state index contributed by atoms with van der Waals surface area (Å²) in [5.74, 6) is 0.219. The minimum atomic E-state index is -0.797. The zero-order valence-corrected chi connectivity index (χ0v) is 19.1. The van der Waals surface area contributed by atoms with E-state index in [1.165, 1.54) is 0 Å². The lowest BCUT2D eigenvalue weighted by Crippen LogP contribution is -2.46. The largest absolute Gasteiger partial charge is 0.497 e. The average molecular weight is 408 g/mol. The fourth-order valence-electron chi connectivity index (χ4n) is 3.05. The first kappa shape index (κ1) is 24.8. The summed E-state index contributed by atoms with van der Waals surface area (Å²) < 4.78 is 15.8. The average Bonchev–Trinajstić information content (AvgIpc) is 2.68. The van der Waals surface area contributed by atoms with Gasteiger partial charge in [-0.05, 0) is 78.1 Å². The molecule has 2 unspecified atom stereocenters. The molecular weight excluding hydrogens is 370 g/mol. The Morgan fingerprint density at radius 2 is 1.41 bits per heavy atom. The minimum Gasteiger partial charge on any atom is -0.497 e. The van der Waals surface area contributed by atoms with Crippen molar-refractivity contribution in [3.63, 3.8) is 0 Å². The van der Waals surface area contributed by atoms with Gasteiger partial charge in [0.25, 0.3) is 0 Å². The van der Waals surface area contributed by atoms with E-state index in [4.69, 9.17) is 14.2 Å². The van der Waals surface area contributed by atoms with Gasteiger partial charge in [0.15, 0.2) is 0 Å². The van der Waals surface area contributed by atoms with Crippen LogP contribution in [-0.4, -0.2) is 38.3 Å². The van der Waals surface area contributed by atoms with Crippen LogP contribution >= 0.6 is 0 Å². The van der Waals surface area contributed by atoms with Gasteiger partial charge in [-0.1, -0.05) is 6.92 Å². The van der Waals surface area contributed by atoms with E-state index in [1.54, 1.807) is 21.0 Å². The van der Waals surface area contributed by atoms with Gasteiger partial charge in [0, 0.05) is 11.7 Å². The quantitative estimate of drug-likeness (QED) is 0.537. The number of ether oxygens (including phenoxy) is 3. The van der Waals surface area contributed by atoms with Gasteiger partial charge in [0.2, 0.25) is 0 Å². The predicted molar refractivity (Wildman–Crippen MR) is 115 cm³/mol. The molecule has 6 heteroatoms. The molecule has 0 aliphatic heterocycles. The van der Waals surface area contributed by atoms with E-state index in [0.29, 0.717) is 19.6 Å². The second kappa shape index (κ2) is 10.5. The molecule has 1 rings (SSSR count). The van der Waals surface area contributed by atoms with Gasteiger partial charge in [-0.3, -0.25) is 9.59 Å². The summed E-state index contributed by atoms with van der Waals surface area (Å²) in [4.78, 5) is 25.1. The van der Waals surface area contributed by atoms with Gasteiger partial charge in [-0.25, -0.2) is 0 Å². The Hall–Kier alpha value is -2.24. The zero-order chi connectivity index (χ0) is 22.2. The highest BCUT2D eigenvalue weighted by Gasteiger charge is 2.43. The number of nitrogens with one attached hydrogen (secondary N) is 1. The Bertz CT molecular complexity index is 666. The van der Waals surface area contributed by atoms with E-state index < -0.39 is 10.8 Å². The lowest BCUT2D eigenvalue weighted by molar-refractivity contribution is -0.157. The van der Waals surface area contributed by atoms with Crippen molar-refractivity contribution in [1.82, 2.24) is 0 Å². The van der Waals surface area contributed by atoms with E-state index in [-0.39, 0.29) is 23.9 Å². The number of carbonyl (C=O) groups excluding carboxylic acids is 2. The lowest BCUT2D eigenvalue weighted by Gasteiger charge is -2.38. The molecule has 0 aliphatic carbocycles. The van der Waals surface area contributed by atoms with Crippen LogP contribution in [0.4, 0.5) is 5.69 Å². The number of hydrogen-bond donors (Lipinski definition) is 1. The molecule has 164 valence electrons. The molecule has 0 amide bonds. The molecule has 0 heterocycles. The summed E-state index contributed by atoms with van der Waals surface area (Å²) in [7, 11) is 1.62. The third kappa shape index (κ3) is 6.38. The van der Waals surface area contributed by atoms with Gasteiger partial charge in [-0.2, -0.15) is 0 Å². The van der Waals surface area contributed by atoms with E-state index in [1.807, 2.05) is 58.9 Å². The molecule has 0 saturated heterocycles. The standard InChI is InChI=1S/C23H37NO5/c1-9-28-20(25)22(4,5)16(3)15-19(23(6,7)21(26)29-10-2)24-17-11-13-18(27-8)14-12-17/h11-14,16,19,24H,9-10,15H2,1-8H3. The third-order valence-electron chi connectivity index (χ3n) is 5.73. The first-order chi connectivity index (χ1) is 13.5. The molecular formula is C23H37NO5. The predicted octanol–water partition coefficient (Wildman–Crippen LogP) is 4.68. The Labute approximate surface area is 175 Å². The second-order valence-corrected chi connectivity index (χ2v) is 8.45. The van der Waals surface area contributed by atoms with Crippen LogP contribution in [-0.2, 0) is 19.1 Å². The highest BCUT2D eigenvalue weighted by atomic mass is 16.5. The van der Waals surface area contributed by atoms with Crippen LogP contribution in [0.3, 0.4) is 0 Å². The van der Waals surface area contributed by atoms with Gasteiger partial charge in [0.05, 0.1) is 31.2 Å². The highest BCUT2D eigenvalue weighted by Crippen LogP contribution is 2.37. The Balaban J connectivity index is 3.14. The van der Waals surface area contributed by atoms with Crippen molar-refractivity contribution < 1.29 is 23.8 Å². The maximum absolute atomic E-state index is 12.7. The normalized spacial score (nSPS) is 13.9. The number of hydrogen-bond acceptors (Lipinski definition) is 6. The van der Waals surface area contributed by atoms with Crippen LogP contribution in [0.25, 0.3) is 0 Å². The van der Waals surface area contributed by atoms with Crippen molar-refractivity contribution in [3.05, 3.63) is 24.3 Å². The molecule has 1 N–H and O–H groups in total. The number of carbonyl (C=O) groups is 2. The van der Waals surface area contributed by atoms with E-state index in [2.05, 4.69) is 5.32 Å². The van der Waals surface area contributed by atoms with E-state index in [9.17, 15) is 9.59 Å². The first-order valence-electron chi connectivity index (χ1n) is 10.3. The maximum atomic E-state index is 12.7. The molecule has 29 heavy (non-hydrogen) atoms. The van der Waals surface area contributed by atoms with Crippen molar-refractivity contribution >= 4 is 17.6 Å². The van der Waals surface area contributed by atoms with Crippen LogP contribution in [0.5, 0.6) is 5.75 Å². The summed E-state index contributed by atoms with van der Waals surface area (Å²) in [5, 5.41) is 3.48. The van der Waals surface area contributed by atoms with Crippen LogP contribution < -0.4 is 10.1 Å². The van der Waals surface area contributed by atoms with Gasteiger partial charge < -0.3 is 19.5 Å². The summed E-state index contributed by atoms with van der Waals surface area (Å²) in [6, 6.07) is 7.30. The van der Waals surface area contributed by atoms with Crippen molar-refractivity contribution in [1.29, 1.82) is 0 Å². The monoisotopic (exact) mass is 407 g/mol. The Kier molecular flexibility index (Phi) is 8.99. The molecule has 0 aliphatic rings. The van der Waals surface area contributed by atoms with Crippen LogP contribution in [0.2, 0.25) is 0 Å². The second-order valence-electron chi connectivity index (χ2n) is 8.45. The van der Waals surface area contributed by atoms with E-state index in [0.717, 1.165) is 11.4 Å². The zero-order valence-electron chi connectivity index (χ0n) is 19.1. The topological polar surface area (TPSA) is 73.9 Å². The maximum Gasteiger partial charge on any atom is 0.313 e. The molecule has 0 radical (unpaired) electrons. The molecule has 0 aromatic heterocycles. The smallest absolute Gasteiger partial charge is 0.313 e. The van der Waals surface area contributed by atoms with E-state index >= 15 is 0 Å². The molecule has 0 bridgehead atoms. The van der Waals surface area contributed by atoms with Gasteiger partial charge in [-0.15, -0.1) is 0 Å². The fraction of sp³-hybridized carbons (Fsp3) is 0.652. The third-order valence-corrected chi connectivity index (χ3v) is 5.73. The van der Waals surface area contributed by atoms with Gasteiger partial charge >= 0.3 is 11.9 Å². The Morgan fingerprint density at radius 1 is 0.931 bits per heavy atom. The molecule has 0 spiro atoms. The fourth-order valence-corrected chi connectivity index (χ4v) is 3.05. The number of anilines is 1. The number of benzene rings is 1. The molecule has 1 aromatic rings. The van der Waals surface area contributed by atoms with Gasteiger partial charge in [0.1, 0.15) is 5.75 Å². The van der Waals surface area contributed by atoms with Crippen LogP contribution in [0, 0.1) is 16.7 Å². The number of rotatable bonds is 11.